The van der Waals surface area contributed by atoms with Crippen LogP contribution < -0.4 is 5.32 Å². The predicted molar refractivity (Wildman–Crippen MR) is 54.0 cm³/mol. The SMILES string of the molecule is O=C(O)c1ccccc1NCC(O)C(F)(F)F. The summed E-state index contributed by atoms with van der Waals surface area (Å²) in [7, 11) is 0. The van der Waals surface area contributed by atoms with E-state index in [-0.39, 0.29) is 11.3 Å². The number of alkyl halides is 3. The summed E-state index contributed by atoms with van der Waals surface area (Å²) in [5.41, 5.74) is -0.120. The Morgan fingerprint density at radius 2 is 1.94 bits per heavy atom. The van der Waals surface area contributed by atoms with Gasteiger partial charge in [0.1, 0.15) is 0 Å². The van der Waals surface area contributed by atoms with Crippen molar-refractivity contribution in [2.45, 2.75) is 12.3 Å². The minimum atomic E-state index is -4.73. The van der Waals surface area contributed by atoms with Crippen LogP contribution in [0, 0.1) is 0 Å². The van der Waals surface area contributed by atoms with Gasteiger partial charge >= 0.3 is 12.1 Å². The average Bonchev–Trinajstić information content (AvgIpc) is 2.24. The highest BCUT2D eigenvalue weighted by Gasteiger charge is 2.37. The monoisotopic (exact) mass is 249 g/mol. The molecule has 0 fully saturated rings. The number of carboxylic acid groups (broad SMARTS) is 1. The van der Waals surface area contributed by atoms with Crippen molar-refractivity contribution in [1.82, 2.24) is 0 Å². The van der Waals surface area contributed by atoms with Gasteiger partial charge in [0.15, 0.2) is 6.10 Å². The third-order valence-corrected chi connectivity index (χ3v) is 2.02. The first-order valence-corrected chi connectivity index (χ1v) is 4.63. The summed E-state index contributed by atoms with van der Waals surface area (Å²) in [5, 5.41) is 19.8. The number of aliphatic hydroxyl groups is 1. The molecule has 17 heavy (non-hydrogen) atoms. The van der Waals surface area contributed by atoms with Crippen LogP contribution in [0.1, 0.15) is 10.4 Å². The Morgan fingerprint density at radius 1 is 1.35 bits per heavy atom. The first-order chi connectivity index (χ1) is 7.82. The van der Waals surface area contributed by atoms with Crippen LogP contribution in [0.15, 0.2) is 24.3 Å². The molecule has 3 N–H and O–H groups in total. The van der Waals surface area contributed by atoms with Crippen LogP contribution in [0.4, 0.5) is 18.9 Å². The zero-order valence-corrected chi connectivity index (χ0v) is 8.53. The number of nitrogens with one attached hydrogen (secondary N) is 1. The van der Waals surface area contributed by atoms with E-state index in [9.17, 15) is 18.0 Å². The van der Waals surface area contributed by atoms with Crippen LogP contribution in [0.2, 0.25) is 0 Å². The first-order valence-electron chi connectivity index (χ1n) is 4.63. The normalized spacial score (nSPS) is 13.2. The number of para-hydroxylation sites is 1. The van der Waals surface area contributed by atoms with Crippen LogP contribution in [0.25, 0.3) is 0 Å². The Labute approximate surface area is 94.7 Å². The van der Waals surface area contributed by atoms with Gasteiger partial charge in [0, 0.05) is 12.2 Å². The van der Waals surface area contributed by atoms with Crippen LogP contribution in [0.3, 0.4) is 0 Å². The van der Waals surface area contributed by atoms with Crippen molar-refractivity contribution in [1.29, 1.82) is 0 Å². The number of benzene rings is 1. The molecule has 0 heterocycles. The van der Waals surface area contributed by atoms with Crippen molar-refractivity contribution in [2.24, 2.45) is 0 Å². The molecule has 1 atom stereocenters. The molecule has 94 valence electrons. The van der Waals surface area contributed by atoms with Gasteiger partial charge in [-0.25, -0.2) is 4.79 Å². The third-order valence-electron chi connectivity index (χ3n) is 2.02. The lowest BCUT2D eigenvalue weighted by Gasteiger charge is -2.16. The lowest BCUT2D eigenvalue weighted by atomic mass is 10.1. The van der Waals surface area contributed by atoms with Crippen molar-refractivity contribution >= 4 is 11.7 Å². The third kappa shape index (κ3) is 3.63. The molecule has 0 radical (unpaired) electrons. The molecule has 0 amide bonds. The van der Waals surface area contributed by atoms with Gasteiger partial charge < -0.3 is 15.5 Å². The summed E-state index contributed by atoms with van der Waals surface area (Å²) in [6.07, 6.45) is -7.27. The van der Waals surface area contributed by atoms with Gasteiger partial charge in [-0.1, -0.05) is 12.1 Å². The zero-order valence-electron chi connectivity index (χ0n) is 8.53. The van der Waals surface area contributed by atoms with Crippen molar-refractivity contribution in [3.05, 3.63) is 29.8 Å². The van der Waals surface area contributed by atoms with Crippen molar-refractivity contribution in [2.75, 3.05) is 11.9 Å². The van der Waals surface area contributed by atoms with Gasteiger partial charge in [-0.2, -0.15) is 13.2 Å². The number of hydrogen-bond acceptors (Lipinski definition) is 3. The molecule has 0 spiro atoms. The smallest absolute Gasteiger partial charge is 0.416 e. The second-order valence-corrected chi connectivity index (χ2v) is 3.29. The Bertz CT molecular complexity index is 406. The standard InChI is InChI=1S/C10H10F3NO3/c11-10(12,13)8(15)5-14-7-4-2-1-3-6(7)9(16)17/h1-4,8,14-15H,5H2,(H,16,17). The van der Waals surface area contributed by atoms with Gasteiger partial charge in [0.25, 0.3) is 0 Å². The summed E-state index contributed by atoms with van der Waals surface area (Å²) in [4.78, 5) is 10.7. The maximum Gasteiger partial charge on any atom is 0.416 e. The number of halogens is 3. The van der Waals surface area contributed by atoms with E-state index in [4.69, 9.17) is 10.2 Å². The topological polar surface area (TPSA) is 69.6 Å². The summed E-state index contributed by atoms with van der Waals surface area (Å²) in [6, 6.07) is 5.51. The minimum absolute atomic E-state index is 0.0308. The number of rotatable bonds is 4. The van der Waals surface area contributed by atoms with E-state index in [0.29, 0.717) is 0 Å². The van der Waals surface area contributed by atoms with Gasteiger partial charge in [-0.15, -0.1) is 0 Å². The fourth-order valence-electron chi connectivity index (χ4n) is 1.15. The predicted octanol–water partition coefficient (Wildman–Crippen LogP) is 1.72. The number of anilines is 1. The van der Waals surface area contributed by atoms with Crippen LogP contribution >= 0.6 is 0 Å². The molecule has 4 nitrogen and oxygen atoms in total. The van der Waals surface area contributed by atoms with Crippen molar-refractivity contribution in [3.8, 4) is 0 Å². The summed E-state index contributed by atoms with van der Waals surface area (Å²) >= 11 is 0. The lowest BCUT2D eigenvalue weighted by molar-refractivity contribution is -0.198. The zero-order chi connectivity index (χ0) is 13.1. The van der Waals surface area contributed by atoms with Crippen LogP contribution in [-0.4, -0.2) is 35.0 Å². The second-order valence-electron chi connectivity index (χ2n) is 3.29. The number of carboxylic acids is 1. The molecule has 0 aromatic heterocycles. The first kappa shape index (κ1) is 13.3. The highest BCUT2D eigenvalue weighted by atomic mass is 19.4. The van der Waals surface area contributed by atoms with Crippen molar-refractivity contribution in [3.63, 3.8) is 0 Å². The molecule has 0 aliphatic carbocycles. The van der Waals surface area contributed by atoms with E-state index in [0.717, 1.165) is 0 Å². The van der Waals surface area contributed by atoms with E-state index in [1.54, 1.807) is 0 Å². The van der Waals surface area contributed by atoms with Gasteiger partial charge in [-0.05, 0) is 12.1 Å². The molecular formula is C10H10F3NO3. The molecule has 1 rings (SSSR count). The van der Waals surface area contributed by atoms with E-state index in [1.807, 2.05) is 0 Å². The maximum atomic E-state index is 12.0. The second kappa shape index (κ2) is 5.05. The van der Waals surface area contributed by atoms with Gasteiger partial charge in [0.05, 0.1) is 5.56 Å². The van der Waals surface area contributed by atoms with E-state index in [1.165, 1.54) is 24.3 Å². The molecule has 1 aromatic rings. The number of carbonyl (C=O) groups is 1. The quantitative estimate of drug-likeness (QED) is 0.759. The Morgan fingerprint density at radius 3 is 2.47 bits per heavy atom. The van der Waals surface area contributed by atoms with E-state index >= 15 is 0 Å². The maximum absolute atomic E-state index is 12.0. The Kier molecular flexibility index (Phi) is 3.95. The summed E-state index contributed by atoms with van der Waals surface area (Å²) < 4.78 is 36.0. The number of aliphatic hydroxyl groups excluding tert-OH is 1. The molecule has 0 bridgehead atoms. The molecule has 0 aliphatic heterocycles. The van der Waals surface area contributed by atoms with Crippen LogP contribution in [-0.2, 0) is 0 Å². The fourth-order valence-corrected chi connectivity index (χ4v) is 1.15. The molecule has 0 aliphatic rings. The molecule has 1 aromatic carbocycles. The summed E-state index contributed by atoms with van der Waals surface area (Å²) in [5.74, 6) is -1.26. The molecule has 1 unspecified atom stereocenters. The highest BCUT2D eigenvalue weighted by molar-refractivity contribution is 5.94. The molecule has 7 heteroatoms. The number of aromatic carboxylic acids is 1. The van der Waals surface area contributed by atoms with E-state index < -0.39 is 24.8 Å². The highest BCUT2D eigenvalue weighted by Crippen LogP contribution is 2.21. The lowest BCUT2D eigenvalue weighted by Crippen LogP contribution is -2.35. The average molecular weight is 249 g/mol. The summed E-state index contributed by atoms with van der Waals surface area (Å²) in [6.45, 7) is -0.798. The Balaban J connectivity index is 2.73. The minimum Gasteiger partial charge on any atom is -0.478 e. The van der Waals surface area contributed by atoms with Gasteiger partial charge in [0.2, 0.25) is 0 Å². The van der Waals surface area contributed by atoms with Crippen molar-refractivity contribution < 1.29 is 28.2 Å². The number of hydrogen-bond donors (Lipinski definition) is 3. The Hall–Kier alpha value is -1.76. The largest absolute Gasteiger partial charge is 0.478 e. The molecular weight excluding hydrogens is 239 g/mol. The molecule has 0 saturated carbocycles. The molecule has 0 saturated heterocycles. The fraction of sp³-hybridized carbons (Fsp3) is 0.300. The van der Waals surface area contributed by atoms with Gasteiger partial charge in [-0.3, -0.25) is 0 Å². The van der Waals surface area contributed by atoms with E-state index in [2.05, 4.69) is 5.32 Å². The van der Waals surface area contributed by atoms with Crippen LogP contribution in [0.5, 0.6) is 0 Å².